The summed E-state index contributed by atoms with van der Waals surface area (Å²) in [4.78, 5) is 0. The molecule has 1 nitrogen and oxygen atoms in total. The van der Waals surface area contributed by atoms with Crippen LogP contribution in [-0.2, 0) is 0 Å². The highest BCUT2D eigenvalue weighted by molar-refractivity contribution is 14.2. The largest absolute Gasteiger partial charge is 0.268 e. The van der Waals surface area contributed by atoms with Crippen LogP contribution in [0.4, 0.5) is 0 Å². The lowest BCUT2D eigenvalue weighted by atomic mass is 10.2. The van der Waals surface area contributed by atoms with Crippen molar-refractivity contribution in [3.05, 3.63) is 0 Å². The van der Waals surface area contributed by atoms with Gasteiger partial charge in [-0.05, 0) is 22.0 Å². The Morgan fingerprint density at radius 3 is 1.05 bits per heavy atom. The van der Waals surface area contributed by atoms with Crippen LogP contribution < -0.4 is 0 Å². The first kappa shape index (κ1) is 21.4. The van der Waals surface area contributed by atoms with E-state index in [4.69, 9.17) is 4.52 Å². The fraction of sp³-hybridized carbons (Fsp3) is 1.00. The van der Waals surface area contributed by atoms with Gasteiger partial charge in [0.2, 0.25) is 0 Å². The molecule has 0 fully saturated rings. The van der Waals surface area contributed by atoms with Crippen LogP contribution in [0.15, 0.2) is 4.52 Å². The molecule has 0 atom stereocenters. The SMILES string of the molecule is CC(C)(C)P(N=P(I)(C(C)(C)C)C(C)(C)C)C(C)(C)C. The van der Waals surface area contributed by atoms with Crippen LogP contribution in [-0.4, -0.2) is 20.6 Å². The molecule has 0 aromatic carbocycles. The lowest BCUT2D eigenvalue weighted by Crippen LogP contribution is -2.28. The number of nitrogens with zero attached hydrogens (tertiary/aromatic N) is 1. The molecular weight excluding hydrogens is 395 g/mol. The number of hydrogen-bond acceptors (Lipinski definition) is 1. The van der Waals surface area contributed by atoms with Gasteiger partial charge in [-0.1, -0.05) is 83.1 Å². The summed E-state index contributed by atoms with van der Waals surface area (Å²) >= 11 is 2.74. The third kappa shape index (κ3) is 4.95. The van der Waals surface area contributed by atoms with E-state index in [0.717, 1.165) is 0 Å². The van der Waals surface area contributed by atoms with Crippen molar-refractivity contribution in [2.45, 2.75) is 104 Å². The van der Waals surface area contributed by atoms with E-state index in [2.05, 4.69) is 105 Å². The molecule has 0 aromatic rings. The first-order valence-electron chi connectivity index (χ1n) is 7.46. The van der Waals surface area contributed by atoms with Crippen molar-refractivity contribution in [2.75, 3.05) is 0 Å². The molecule has 0 radical (unpaired) electrons. The molecule has 0 amide bonds. The summed E-state index contributed by atoms with van der Waals surface area (Å²) in [5.41, 5.74) is 0. The van der Waals surface area contributed by atoms with E-state index in [1.807, 2.05) is 0 Å². The maximum absolute atomic E-state index is 5.66. The van der Waals surface area contributed by atoms with E-state index in [1.165, 1.54) is 0 Å². The summed E-state index contributed by atoms with van der Waals surface area (Å²) in [6.07, 6.45) is 0. The Kier molecular flexibility index (Phi) is 6.55. The topological polar surface area (TPSA) is 12.4 Å². The summed E-state index contributed by atoms with van der Waals surface area (Å²) < 4.78 is 4.19. The molecule has 0 rings (SSSR count). The van der Waals surface area contributed by atoms with Gasteiger partial charge in [-0.25, -0.2) is 0 Å². The minimum absolute atomic E-state index is 0.253. The molecule has 4 heteroatoms. The second-order valence-corrected chi connectivity index (χ2v) is 21.6. The highest BCUT2D eigenvalue weighted by Crippen LogP contribution is 2.81. The molecule has 0 unspecified atom stereocenters. The molecule has 0 N–H and O–H groups in total. The second kappa shape index (κ2) is 6.12. The third-order valence-corrected chi connectivity index (χ3v) is 21.5. The van der Waals surface area contributed by atoms with Gasteiger partial charge >= 0.3 is 0 Å². The Hall–Kier alpha value is 1.39. The lowest BCUT2D eigenvalue weighted by Gasteiger charge is -2.47. The number of hydrogen-bond donors (Lipinski definition) is 0. The zero-order valence-electron chi connectivity index (χ0n) is 15.7. The second-order valence-electron chi connectivity index (χ2n) is 9.64. The monoisotopic (exact) mass is 431 g/mol. The van der Waals surface area contributed by atoms with Crippen LogP contribution >= 0.6 is 34.8 Å². The average Bonchev–Trinajstić information content (AvgIpc) is 2.05. The minimum Gasteiger partial charge on any atom is -0.268 e. The van der Waals surface area contributed by atoms with E-state index in [9.17, 15) is 0 Å². The maximum Gasteiger partial charge on any atom is 0.0435 e. The normalized spacial score (nSPS) is 15.7. The van der Waals surface area contributed by atoms with Crippen LogP contribution in [0.1, 0.15) is 83.1 Å². The van der Waals surface area contributed by atoms with Gasteiger partial charge < -0.3 is 0 Å². The molecule has 0 saturated carbocycles. The van der Waals surface area contributed by atoms with Gasteiger partial charge in [0, 0.05) is 33.4 Å². The Morgan fingerprint density at radius 2 is 0.900 bits per heavy atom. The van der Waals surface area contributed by atoms with E-state index >= 15 is 0 Å². The van der Waals surface area contributed by atoms with Crippen LogP contribution in [0.25, 0.3) is 0 Å². The average molecular weight is 431 g/mol. The fourth-order valence-electron chi connectivity index (χ4n) is 2.67. The van der Waals surface area contributed by atoms with Crippen molar-refractivity contribution in [1.82, 2.24) is 0 Å². The van der Waals surface area contributed by atoms with Crippen molar-refractivity contribution in [1.29, 1.82) is 0 Å². The molecule has 122 valence electrons. The Balaban J connectivity index is 6.32. The Labute approximate surface area is 142 Å². The summed E-state index contributed by atoms with van der Waals surface area (Å²) in [6.45, 7) is 28.4. The number of rotatable bonds is 1. The van der Waals surface area contributed by atoms with E-state index in [0.29, 0.717) is 0 Å². The summed E-state index contributed by atoms with van der Waals surface area (Å²) in [7, 11) is -0.392. The van der Waals surface area contributed by atoms with Gasteiger partial charge in [-0.2, -0.15) is 0 Å². The van der Waals surface area contributed by atoms with Gasteiger partial charge in [-0.3, -0.25) is 4.52 Å². The predicted octanol–water partition coefficient (Wildman–Crippen LogP) is 8.13. The van der Waals surface area contributed by atoms with Crippen molar-refractivity contribution in [2.24, 2.45) is 4.52 Å². The van der Waals surface area contributed by atoms with Crippen LogP contribution in [0.5, 0.6) is 0 Å². The van der Waals surface area contributed by atoms with Gasteiger partial charge in [-0.15, -0.1) is 0 Å². The first-order valence-corrected chi connectivity index (χ1v) is 13.3. The maximum atomic E-state index is 5.66. The van der Waals surface area contributed by atoms with Crippen molar-refractivity contribution < 1.29 is 0 Å². The van der Waals surface area contributed by atoms with Crippen LogP contribution in [0.3, 0.4) is 0 Å². The van der Waals surface area contributed by atoms with E-state index in [-0.39, 0.29) is 20.6 Å². The molecule has 0 spiro atoms. The first-order chi connectivity index (χ1) is 8.34. The zero-order valence-corrected chi connectivity index (χ0v) is 19.7. The van der Waals surface area contributed by atoms with Gasteiger partial charge in [0.05, 0.1) is 0 Å². The molecular formula is C16H36INP2. The van der Waals surface area contributed by atoms with Crippen LogP contribution in [0.2, 0.25) is 0 Å². The third-order valence-electron chi connectivity index (χ3n) is 3.26. The lowest BCUT2D eigenvalue weighted by molar-refractivity contribution is 0.698. The summed E-state index contributed by atoms with van der Waals surface area (Å²) in [5.74, 6) is 0. The molecule has 0 heterocycles. The molecule has 0 aromatic heterocycles. The predicted molar refractivity (Wildman–Crippen MR) is 109 cm³/mol. The summed E-state index contributed by atoms with van der Waals surface area (Å²) in [6, 6.07) is 0. The van der Waals surface area contributed by atoms with E-state index < -0.39 is 12.8 Å². The summed E-state index contributed by atoms with van der Waals surface area (Å²) in [5, 5.41) is 1.03. The molecule has 0 saturated heterocycles. The number of halogens is 1. The highest BCUT2D eigenvalue weighted by atomic mass is 127. The van der Waals surface area contributed by atoms with Crippen molar-refractivity contribution in [3.8, 4) is 0 Å². The standard InChI is InChI=1S/C16H36INP2/c1-13(2,3)19(14(4,5)6)18-20(17,15(7,8)9)16(10,11)12/h1-12H3. The zero-order chi connectivity index (χ0) is 16.8. The van der Waals surface area contributed by atoms with Crippen molar-refractivity contribution in [3.63, 3.8) is 0 Å². The van der Waals surface area contributed by atoms with Gasteiger partial charge in [0.1, 0.15) is 0 Å². The minimum atomic E-state index is -1.46. The molecule has 20 heavy (non-hydrogen) atoms. The van der Waals surface area contributed by atoms with Gasteiger partial charge in [0.25, 0.3) is 0 Å². The molecule has 0 bridgehead atoms. The molecule has 0 aliphatic rings. The smallest absolute Gasteiger partial charge is 0.0435 e. The van der Waals surface area contributed by atoms with Gasteiger partial charge in [0.15, 0.2) is 0 Å². The molecule has 0 aliphatic heterocycles. The quantitative estimate of drug-likeness (QED) is 0.294. The van der Waals surface area contributed by atoms with Crippen LogP contribution in [0, 0.1) is 0 Å². The van der Waals surface area contributed by atoms with E-state index in [1.54, 1.807) is 0 Å². The Morgan fingerprint density at radius 1 is 0.650 bits per heavy atom. The molecule has 0 aliphatic carbocycles. The van der Waals surface area contributed by atoms with Crippen molar-refractivity contribution >= 4 is 34.8 Å². The fourth-order valence-corrected chi connectivity index (χ4v) is 13.7. The highest BCUT2D eigenvalue weighted by Gasteiger charge is 2.45. The Bertz CT molecular complexity index is 355.